The Kier molecular flexibility index (Phi) is 9.28. The Balaban J connectivity index is 2.52. The van der Waals surface area contributed by atoms with Crippen LogP contribution in [-0.2, 0) is 19.9 Å². The van der Waals surface area contributed by atoms with Crippen molar-refractivity contribution in [1.29, 1.82) is 0 Å². The number of aromatic nitrogens is 1. The van der Waals surface area contributed by atoms with Gasteiger partial charge < -0.3 is 14.4 Å². The van der Waals surface area contributed by atoms with Crippen molar-refractivity contribution in [3.05, 3.63) is 12.1 Å². The molecule has 0 N–H and O–H groups in total. The van der Waals surface area contributed by atoms with Crippen molar-refractivity contribution in [3.8, 4) is 11.6 Å². The van der Waals surface area contributed by atoms with Crippen molar-refractivity contribution in [2.24, 2.45) is 0 Å². The number of sulfone groups is 1. The Morgan fingerprint density at radius 3 is 2.16 bits per heavy atom. The Bertz CT molecular complexity index is 1160. The number of piperazine rings is 1. The summed E-state index contributed by atoms with van der Waals surface area (Å²) in [4.78, 5) is 4.82. The van der Waals surface area contributed by atoms with E-state index < -0.39 is 79.5 Å². The monoisotopic (exact) mass is 585 g/mol. The number of nitrogens with zero attached hydrogens (tertiary/aromatic N) is 3. The first-order valence-corrected chi connectivity index (χ1v) is 14.4. The van der Waals surface area contributed by atoms with Crippen molar-refractivity contribution < 1.29 is 52.7 Å². The molecule has 1 aliphatic rings. The maximum Gasteiger partial charge on any atom is 0.500 e. The summed E-state index contributed by atoms with van der Waals surface area (Å²) in [6.07, 6.45) is -3.78. The van der Waals surface area contributed by atoms with Crippen LogP contribution in [0.3, 0.4) is 0 Å². The van der Waals surface area contributed by atoms with Gasteiger partial charge in [-0.25, -0.2) is 16.8 Å². The number of hydrogen-bond acceptors (Lipinski definition) is 8. The average Bonchev–Trinajstić information content (AvgIpc) is 2.75. The van der Waals surface area contributed by atoms with Crippen LogP contribution in [0.2, 0.25) is 0 Å². The van der Waals surface area contributed by atoms with E-state index in [-0.39, 0.29) is 12.4 Å². The van der Waals surface area contributed by atoms with Gasteiger partial charge in [0.15, 0.2) is 5.94 Å². The molecule has 1 aromatic rings. The molecule has 1 fully saturated rings. The molecule has 1 aromatic heterocycles. The summed E-state index contributed by atoms with van der Waals surface area (Å²) in [6.45, 7) is 4.76. The second kappa shape index (κ2) is 11.0. The van der Waals surface area contributed by atoms with E-state index in [2.05, 4.69) is 4.98 Å². The molecule has 17 heteroatoms. The molecule has 0 spiro atoms. The summed E-state index contributed by atoms with van der Waals surface area (Å²) < 4.78 is 139. The van der Waals surface area contributed by atoms with Gasteiger partial charge in [-0.1, -0.05) is 13.3 Å². The molecule has 0 bridgehead atoms. The van der Waals surface area contributed by atoms with Gasteiger partial charge in [-0.2, -0.15) is 35.6 Å². The third kappa shape index (κ3) is 7.99. The third-order valence-electron chi connectivity index (χ3n) is 5.50. The molecule has 0 amide bonds. The van der Waals surface area contributed by atoms with Gasteiger partial charge in [0.2, 0.25) is 15.9 Å². The predicted molar refractivity (Wildman–Crippen MR) is 123 cm³/mol. The molecule has 9 nitrogen and oxygen atoms in total. The Morgan fingerprint density at radius 1 is 1.03 bits per heavy atom. The topological polar surface area (TPSA) is 106 Å². The second-order valence-electron chi connectivity index (χ2n) is 8.94. The van der Waals surface area contributed by atoms with E-state index in [4.69, 9.17) is 9.47 Å². The number of sulfonamides is 1. The molecule has 1 aliphatic heterocycles. The summed E-state index contributed by atoms with van der Waals surface area (Å²) in [6, 6.07) is -0.512. The van der Waals surface area contributed by atoms with E-state index in [1.165, 1.54) is 6.92 Å². The molecule has 0 radical (unpaired) electrons. The van der Waals surface area contributed by atoms with Crippen molar-refractivity contribution in [2.45, 2.75) is 63.9 Å². The lowest BCUT2D eigenvalue weighted by Crippen LogP contribution is -2.60. The smallest absolute Gasteiger partial charge is 0.477 e. The van der Waals surface area contributed by atoms with Gasteiger partial charge in [0.05, 0.1) is 5.75 Å². The van der Waals surface area contributed by atoms with Crippen LogP contribution in [0.25, 0.3) is 0 Å². The van der Waals surface area contributed by atoms with E-state index in [9.17, 15) is 43.2 Å². The highest BCUT2D eigenvalue weighted by Crippen LogP contribution is 2.36. The quantitative estimate of drug-likeness (QED) is 0.383. The molecule has 214 valence electrons. The fourth-order valence-electron chi connectivity index (χ4n) is 3.65. The van der Waals surface area contributed by atoms with Crippen molar-refractivity contribution in [2.75, 3.05) is 36.2 Å². The number of hydrogen-bond donors (Lipinski definition) is 0. The van der Waals surface area contributed by atoms with Crippen LogP contribution < -0.4 is 14.4 Å². The summed E-state index contributed by atoms with van der Waals surface area (Å²) in [5.74, 6) is -3.48. The van der Waals surface area contributed by atoms with E-state index >= 15 is 0 Å². The van der Waals surface area contributed by atoms with Gasteiger partial charge in [-0.15, -0.1) is 0 Å². The predicted octanol–water partition coefficient (Wildman–Crippen LogP) is 3.71. The van der Waals surface area contributed by atoms with Crippen LogP contribution in [-0.4, -0.2) is 80.8 Å². The molecular weight excluding hydrogens is 556 g/mol. The molecule has 0 aliphatic carbocycles. The first-order valence-electron chi connectivity index (χ1n) is 11.2. The summed E-state index contributed by atoms with van der Waals surface area (Å²) in [5, 5.41) is 0. The van der Waals surface area contributed by atoms with E-state index in [1.54, 1.807) is 13.8 Å². The summed E-state index contributed by atoms with van der Waals surface area (Å²) in [5.41, 5.74) is -6.49. The van der Waals surface area contributed by atoms with Crippen LogP contribution in [0.1, 0.15) is 40.5 Å². The normalized spacial score (nSPS) is 18.6. The average molecular weight is 586 g/mol. The van der Waals surface area contributed by atoms with Gasteiger partial charge in [-0.3, -0.25) is 0 Å². The first-order chi connectivity index (χ1) is 16.7. The summed E-state index contributed by atoms with van der Waals surface area (Å²) >= 11 is 0. The van der Waals surface area contributed by atoms with Crippen molar-refractivity contribution >= 4 is 25.7 Å². The zero-order valence-corrected chi connectivity index (χ0v) is 22.2. The SMILES string of the molecule is CCCC(C)(C)Oc1cc(OCS(=O)(=O)C(F)(F)F)cc(N2CCN(S(=O)(=O)CC)CC2C(F)(F)F)n1. The summed E-state index contributed by atoms with van der Waals surface area (Å²) in [7, 11) is -9.64. The molecule has 2 rings (SSSR count). The van der Waals surface area contributed by atoms with E-state index in [0.29, 0.717) is 17.1 Å². The van der Waals surface area contributed by atoms with Crippen molar-refractivity contribution in [3.63, 3.8) is 0 Å². The molecule has 0 aromatic carbocycles. The van der Waals surface area contributed by atoms with Crippen LogP contribution in [0.15, 0.2) is 12.1 Å². The maximum absolute atomic E-state index is 14.0. The van der Waals surface area contributed by atoms with Crippen molar-refractivity contribution in [1.82, 2.24) is 9.29 Å². The number of anilines is 1. The lowest BCUT2D eigenvalue weighted by Gasteiger charge is -2.42. The van der Waals surface area contributed by atoms with Gasteiger partial charge in [-0.05, 0) is 27.2 Å². The standard InChI is InChI=1S/C20H29F6N3O6S2/c1-5-7-18(3,4)35-17-11-14(34-13-36(30,31)20(24,25)26)10-16(27-17)29-9-8-28(37(32,33)6-2)12-15(29)19(21,22)23/h10-11,15H,5-9,12-13H2,1-4H3. The number of alkyl halides is 6. The fraction of sp³-hybridized carbons (Fsp3) is 0.750. The van der Waals surface area contributed by atoms with E-state index in [0.717, 1.165) is 17.0 Å². The van der Waals surface area contributed by atoms with Gasteiger partial charge in [0.25, 0.3) is 9.84 Å². The molecule has 1 saturated heterocycles. The molecule has 1 atom stereocenters. The van der Waals surface area contributed by atoms with Gasteiger partial charge >= 0.3 is 11.7 Å². The minimum absolute atomic E-state index is 0.306. The van der Waals surface area contributed by atoms with Crippen LogP contribution in [0, 0.1) is 0 Å². The molecular formula is C20H29F6N3O6S2. The minimum atomic E-state index is -5.70. The van der Waals surface area contributed by atoms with Crippen LogP contribution in [0.5, 0.6) is 11.6 Å². The first kappa shape index (κ1) is 31.2. The molecule has 1 unspecified atom stereocenters. The Hall–Kier alpha value is -2.01. The number of halogens is 6. The van der Waals surface area contributed by atoms with E-state index in [1.807, 2.05) is 6.92 Å². The lowest BCUT2D eigenvalue weighted by atomic mass is 10.0. The van der Waals surface area contributed by atoms with Gasteiger partial charge in [0.1, 0.15) is 23.2 Å². The largest absolute Gasteiger partial charge is 0.500 e. The zero-order chi connectivity index (χ0) is 28.4. The zero-order valence-electron chi connectivity index (χ0n) is 20.6. The number of ether oxygens (including phenoxy) is 2. The van der Waals surface area contributed by atoms with Crippen LogP contribution in [0.4, 0.5) is 32.2 Å². The highest BCUT2D eigenvalue weighted by atomic mass is 32.2. The maximum atomic E-state index is 14.0. The number of pyridine rings is 1. The highest BCUT2D eigenvalue weighted by molar-refractivity contribution is 7.92. The van der Waals surface area contributed by atoms with Gasteiger partial charge in [0, 0.05) is 31.8 Å². The molecule has 2 heterocycles. The minimum Gasteiger partial charge on any atom is -0.477 e. The Morgan fingerprint density at radius 2 is 1.65 bits per heavy atom. The number of rotatable bonds is 10. The third-order valence-corrected chi connectivity index (χ3v) is 8.48. The van der Waals surface area contributed by atoms with Crippen LogP contribution >= 0.6 is 0 Å². The molecule has 37 heavy (non-hydrogen) atoms. The highest BCUT2D eigenvalue weighted by Gasteiger charge is 2.49. The lowest BCUT2D eigenvalue weighted by molar-refractivity contribution is -0.153. The fourth-order valence-corrected chi connectivity index (χ4v) is 5.17. The molecule has 0 saturated carbocycles. The Labute approximate surface area is 211 Å². The second-order valence-corrected chi connectivity index (χ2v) is 13.1.